The summed E-state index contributed by atoms with van der Waals surface area (Å²) >= 11 is 5.95. The number of anilines is 2. The Hall–Kier alpha value is -2.41. The second-order valence-corrected chi connectivity index (χ2v) is 7.44. The molecule has 1 atom stereocenters. The van der Waals surface area contributed by atoms with Gasteiger partial charge in [0.15, 0.2) is 0 Å². The van der Waals surface area contributed by atoms with Crippen LogP contribution in [0.5, 0.6) is 0 Å². The number of rotatable bonds is 4. The average Bonchev–Trinajstić information content (AvgIpc) is 2.72. The molecule has 2 amide bonds. The van der Waals surface area contributed by atoms with Crippen LogP contribution in [0.25, 0.3) is 0 Å². The fourth-order valence-electron chi connectivity index (χ4n) is 3.54. The van der Waals surface area contributed by atoms with Crippen molar-refractivity contribution in [1.82, 2.24) is 5.32 Å². The number of hydrogen-bond acceptors (Lipinski definition) is 4. The Balaban J connectivity index is 1.50. The van der Waals surface area contributed by atoms with Crippen molar-refractivity contribution in [3.05, 3.63) is 58.6 Å². The summed E-state index contributed by atoms with van der Waals surface area (Å²) in [5.41, 5.74) is 3.68. The van der Waals surface area contributed by atoms with Gasteiger partial charge in [0.2, 0.25) is 5.91 Å². The van der Waals surface area contributed by atoms with E-state index < -0.39 is 6.10 Å². The van der Waals surface area contributed by atoms with Gasteiger partial charge in [-0.1, -0.05) is 23.7 Å². The Labute approximate surface area is 168 Å². The van der Waals surface area contributed by atoms with Gasteiger partial charge in [0.25, 0.3) is 5.91 Å². The van der Waals surface area contributed by atoms with E-state index in [1.165, 1.54) is 0 Å². The molecule has 4 rings (SSSR count). The van der Waals surface area contributed by atoms with Crippen molar-refractivity contribution in [2.45, 2.75) is 25.5 Å². The SMILES string of the molecule is O=C(Nc1ccc2c(c1)CCC(=O)N2Cc1ccc(Cl)cc1)C1CNCCO1. The number of carbonyl (C=O) groups is 2. The van der Waals surface area contributed by atoms with Gasteiger partial charge in [0.05, 0.1) is 13.2 Å². The van der Waals surface area contributed by atoms with Gasteiger partial charge < -0.3 is 20.3 Å². The van der Waals surface area contributed by atoms with Crippen molar-refractivity contribution in [1.29, 1.82) is 0 Å². The molecular formula is C21H22ClN3O3. The monoisotopic (exact) mass is 399 g/mol. The van der Waals surface area contributed by atoms with Crippen molar-refractivity contribution in [3.8, 4) is 0 Å². The van der Waals surface area contributed by atoms with Gasteiger partial charge in [-0.2, -0.15) is 0 Å². The number of nitrogens with zero attached hydrogens (tertiary/aromatic N) is 1. The maximum absolute atomic E-state index is 12.5. The molecule has 2 aromatic carbocycles. The lowest BCUT2D eigenvalue weighted by atomic mass is 9.99. The summed E-state index contributed by atoms with van der Waals surface area (Å²) in [6, 6.07) is 13.2. The third-order valence-corrected chi connectivity index (χ3v) is 5.27. The lowest BCUT2D eigenvalue weighted by Crippen LogP contribution is -2.45. The van der Waals surface area contributed by atoms with E-state index in [9.17, 15) is 9.59 Å². The number of halogens is 1. The normalized spacial score (nSPS) is 19.2. The fourth-order valence-corrected chi connectivity index (χ4v) is 3.67. The van der Waals surface area contributed by atoms with Gasteiger partial charge in [0.1, 0.15) is 6.10 Å². The number of benzene rings is 2. The van der Waals surface area contributed by atoms with E-state index in [0.717, 1.165) is 29.0 Å². The first kappa shape index (κ1) is 18.9. The minimum absolute atomic E-state index is 0.0981. The number of carbonyl (C=O) groups excluding carboxylic acids is 2. The standard InChI is InChI=1S/C21H22ClN3O3/c22-16-4-1-14(2-5-16)13-25-18-7-6-17(11-15(18)3-8-20(25)26)24-21(27)19-12-23-9-10-28-19/h1-2,4-7,11,19,23H,3,8-10,12-13H2,(H,24,27). The Morgan fingerprint density at radius 3 is 2.79 bits per heavy atom. The number of morpholine rings is 1. The molecule has 6 nitrogen and oxygen atoms in total. The van der Waals surface area contributed by atoms with E-state index in [0.29, 0.717) is 37.6 Å². The van der Waals surface area contributed by atoms with Crippen LogP contribution in [0.3, 0.4) is 0 Å². The quantitative estimate of drug-likeness (QED) is 0.829. The Morgan fingerprint density at radius 2 is 2.04 bits per heavy atom. The summed E-state index contributed by atoms with van der Waals surface area (Å²) in [6.07, 6.45) is 0.636. The molecule has 2 aromatic rings. The average molecular weight is 400 g/mol. The van der Waals surface area contributed by atoms with Gasteiger partial charge in [0, 0.05) is 35.9 Å². The molecule has 0 spiro atoms. The zero-order valence-corrected chi connectivity index (χ0v) is 16.2. The van der Waals surface area contributed by atoms with Crippen LogP contribution in [-0.4, -0.2) is 37.6 Å². The van der Waals surface area contributed by atoms with E-state index in [1.54, 1.807) is 4.90 Å². The number of hydrogen-bond donors (Lipinski definition) is 2. The van der Waals surface area contributed by atoms with Crippen LogP contribution in [-0.2, 0) is 27.3 Å². The van der Waals surface area contributed by atoms with Crippen molar-refractivity contribution in [2.75, 3.05) is 29.9 Å². The molecule has 7 heteroatoms. The molecule has 0 aromatic heterocycles. The number of nitrogens with one attached hydrogen (secondary N) is 2. The van der Waals surface area contributed by atoms with Gasteiger partial charge in [-0.3, -0.25) is 9.59 Å². The smallest absolute Gasteiger partial charge is 0.254 e. The van der Waals surface area contributed by atoms with Crippen LogP contribution in [0.1, 0.15) is 17.5 Å². The Bertz CT molecular complexity index is 879. The third-order valence-electron chi connectivity index (χ3n) is 5.02. The lowest BCUT2D eigenvalue weighted by Gasteiger charge is -2.30. The molecule has 2 aliphatic heterocycles. The van der Waals surface area contributed by atoms with Crippen LogP contribution in [0.4, 0.5) is 11.4 Å². The second-order valence-electron chi connectivity index (χ2n) is 7.00. The maximum Gasteiger partial charge on any atom is 0.254 e. The molecule has 1 fully saturated rings. The van der Waals surface area contributed by atoms with Gasteiger partial charge in [-0.05, 0) is 47.9 Å². The zero-order valence-electron chi connectivity index (χ0n) is 15.4. The predicted octanol–water partition coefficient (Wildman–Crippen LogP) is 2.75. The largest absolute Gasteiger partial charge is 0.366 e. The first-order chi connectivity index (χ1) is 13.6. The van der Waals surface area contributed by atoms with Crippen LogP contribution in [0.2, 0.25) is 5.02 Å². The molecule has 0 saturated carbocycles. The van der Waals surface area contributed by atoms with E-state index in [-0.39, 0.29) is 11.8 Å². The summed E-state index contributed by atoms with van der Waals surface area (Å²) in [5.74, 6) is -0.0574. The summed E-state index contributed by atoms with van der Waals surface area (Å²) in [4.78, 5) is 26.7. The Morgan fingerprint density at radius 1 is 1.21 bits per heavy atom. The fraction of sp³-hybridized carbons (Fsp3) is 0.333. The minimum atomic E-state index is -0.479. The Kier molecular flexibility index (Phi) is 5.62. The second kappa shape index (κ2) is 8.31. The molecule has 2 aliphatic rings. The third kappa shape index (κ3) is 4.19. The van der Waals surface area contributed by atoms with E-state index >= 15 is 0 Å². The summed E-state index contributed by atoms with van der Waals surface area (Å²) in [5, 5.41) is 6.74. The van der Waals surface area contributed by atoms with Gasteiger partial charge in [-0.25, -0.2) is 0 Å². The molecule has 2 N–H and O–H groups in total. The van der Waals surface area contributed by atoms with Crippen LogP contribution >= 0.6 is 11.6 Å². The van der Waals surface area contributed by atoms with Crippen molar-refractivity contribution in [2.24, 2.45) is 0 Å². The summed E-state index contributed by atoms with van der Waals surface area (Å²) in [6.45, 7) is 2.31. The molecular weight excluding hydrogens is 378 g/mol. The topological polar surface area (TPSA) is 70.7 Å². The zero-order chi connectivity index (χ0) is 19.5. The van der Waals surface area contributed by atoms with Crippen LogP contribution in [0, 0.1) is 0 Å². The van der Waals surface area contributed by atoms with Crippen LogP contribution in [0.15, 0.2) is 42.5 Å². The molecule has 28 heavy (non-hydrogen) atoms. The molecule has 0 radical (unpaired) electrons. The van der Waals surface area contributed by atoms with Crippen molar-refractivity contribution >= 4 is 34.8 Å². The number of amides is 2. The lowest BCUT2D eigenvalue weighted by molar-refractivity contribution is -0.128. The molecule has 1 saturated heterocycles. The summed E-state index contributed by atoms with van der Waals surface area (Å²) in [7, 11) is 0. The highest BCUT2D eigenvalue weighted by Crippen LogP contribution is 2.31. The van der Waals surface area contributed by atoms with Crippen molar-refractivity contribution < 1.29 is 14.3 Å². The summed E-state index contributed by atoms with van der Waals surface area (Å²) < 4.78 is 5.49. The number of aryl methyl sites for hydroxylation is 1. The predicted molar refractivity (Wildman–Crippen MR) is 109 cm³/mol. The van der Waals surface area contributed by atoms with Crippen LogP contribution < -0.4 is 15.5 Å². The first-order valence-corrected chi connectivity index (χ1v) is 9.79. The molecule has 146 valence electrons. The van der Waals surface area contributed by atoms with E-state index in [1.807, 2.05) is 42.5 Å². The molecule has 0 bridgehead atoms. The highest BCUT2D eigenvalue weighted by Gasteiger charge is 2.26. The highest BCUT2D eigenvalue weighted by atomic mass is 35.5. The van der Waals surface area contributed by atoms with Gasteiger partial charge in [-0.15, -0.1) is 0 Å². The number of ether oxygens (including phenoxy) is 1. The molecule has 2 heterocycles. The molecule has 1 unspecified atom stereocenters. The van der Waals surface area contributed by atoms with E-state index in [4.69, 9.17) is 16.3 Å². The maximum atomic E-state index is 12.5. The molecule has 0 aliphatic carbocycles. The van der Waals surface area contributed by atoms with Crippen molar-refractivity contribution in [3.63, 3.8) is 0 Å². The van der Waals surface area contributed by atoms with Gasteiger partial charge >= 0.3 is 0 Å². The first-order valence-electron chi connectivity index (χ1n) is 9.41. The minimum Gasteiger partial charge on any atom is -0.366 e. The number of fused-ring (bicyclic) bond motifs is 1. The highest BCUT2D eigenvalue weighted by molar-refractivity contribution is 6.30. The van der Waals surface area contributed by atoms with E-state index in [2.05, 4.69) is 10.6 Å².